The van der Waals surface area contributed by atoms with Crippen LogP contribution in [0.15, 0.2) is 6.07 Å². The number of aromatic nitrogens is 1. The molecule has 0 aromatic carbocycles. The van der Waals surface area contributed by atoms with Crippen LogP contribution in [-0.2, 0) is 4.74 Å². The number of nitrogens with zero attached hydrogens (tertiary/aromatic N) is 1. The zero-order chi connectivity index (χ0) is 11.6. The van der Waals surface area contributed by atoms with Crippen LogP contribution >= 0.6 is 11.6 Å². The van der Waals surface area contributed by atoms with Crippen molar-refractivity contribution in [1.29, 1.82) is 0 Å². The van der Waals surface area contributed by atoms with Crippen molar-refractivity contribution in [3.05, 3.63) is 22.5 Å². The summed E-state index contributed by atoms with van der Waals surface area (Å²) in [6, 6.07) is 0.786. The van der Waals surface area contributed by atoms with Gasteiger partial charge in [0.15, 0.2) is 11.4 Å². The van der Waals surface area contributed by atoms with Gasteiger partial charge in [0, 0.05) is 0 Å². The van der Waals surface area contributed by atoms with Crippen molar-refractivity contribution in [2.24, 2.45) is 0 Å². The molecule has 0 bridgehead atoms. The van der Waals surface area contributed by atoms with Crippen LogP contribution in [0.3, 0.4) is 0 Å². The van der Waals surface area contributed by atoms with Crippen molar-refractivity contribution in [3.63, 3.8) is 0 Å². The highest BCUT2D eigenvalue weighted by Crippen LogP contribution is 2.30. The third-order valence-electron chi connectivity index (χ3n) is 1.57. The lowest BCUT2D eigenvalue weighted by atomic mass is 10.2. The molecule has 4 nitrogen and oxygen atoms in total. The molecule has 0 amide bonds. The highest BCUT2D eigenvalue weighted by Gasteiger charge is 2.21. The largest absolute Gasteiger partial charge is 0.504 e. The third-order valence-corrected chi connectivity index (χ3v) is 1.86. The second-order valence-corrected chi connectivity index (χ2v) is 2.93. The first kappa shape index (κ1) is 11.6. The first-order chi connectivity index (χ1) is 6.97. The molecule has 7 heteroatoms. The van der Waals surface area contributed by atoms with Crippen LogP contribution in [0.25, 0.3) is 0 Å². The van der Waals surface area contributed by atoms with E-state index in [1.807, 2.05) is 0 Å². The summed E-state index contributed by atoms with van der Waals surface area (Å²) in [4.78, 5) is 14.3. The molecule has 0 radical (unpaired) electrons. The summed E-state index contributed by atoms with van der Waals surface area (Å²) in [7, 11) is 1.03. The van der Waals surface area contributed by atoms with E-state index in [0.29, 0.717) is 0 Å². The lowest BCUT2D eigenvalue weighted by molar-refractivity contribution is 0.0588. The number of hydrogen-bond acceptors (Lipinski definition) is 4. The number of rotatable bonds is 2. The van der Waals surface area contributed by atoms with Crippen molar-refractivity contribution < 1.29 is 23.4 Å². The van der Waals surface area contributed by atoms with Crippen molar-refractivity contribution in [2.75, 3.05) is 7.11 Å². The Morgan fingerprint density at radius 1 is 1.67 bits per heavy atom. The summed E-state index contributed by atoms with van der Waals surface area (Å²) in [5.41, 5.74) is -1.32. The minimum absolute atomic E-state index is 0.374. The Hall–Kier alpha value is -1.43. The van der Waals surface area contributed by atoms with Crippen molar-refractivity contribution >= 4 is 17.6 Å². The van der Waals surface area contributed by atoms with E-state index < -0.39 is 29.5 Å². The number of hydrogen-bond donors (Lipinski definition) is 1. The molecule has 1 aromatic heterocycles. The lowest BCUT2D eigenvalue weighted by Gasteiger charge is -2.06. The number of methoxy groups -OCH3 is 1. The summed E-state index contributed by atoms with van der Waals surface area (Å²) in [5, 5.41) is 8.89. The summed E-state index contributed by atoms with van der Waals surface area (Å²) < 4.78 is 28.8. The van der Waals surface area contributed by atoms with E-state index in [-0.39, 0.29) is 5.02 Å². The number of aromatic hydroxyl groups is 1. The van der Waals surface area contributed by atoms with Crippen molar-refractivity contribution in [3.8, 4) is 5.75 Å². The molecule has 0 atom stereocenters. The maximum Gasteiger partial charge on any atom is 0.360 e. The van der Waals surface area contributed by atoms with E-state index in [1.165, 1.54) is 0 Å². The molecule has 0 fully saturated rings. The zero-order valence-corrected chi connectivity index (χ0v) is 8.26. The maximum absolute atomic E-state index is 12.3. The van der Waals surface area contributed by atoms with Gasteiger partial charge in [0.25, 0.3) is 6.43 Å². The van der Waals surface area contributed by atoms with Gasteiger partial charge in [-0.25, -0.2) is 18.6 Å². The second-order valence-electron chi connectivity index (χ2n) is 2.52. The van der Waals surface area contributed by atoms with Gasteiger partial charge in [-0.15, -0.1) is 0 Å². The zero-order valence-electron chi connectivity index (χ0n) is 7.50. The summed E-state index contributed by atoms with van der Waals surface area (Å²) in [6.45, 7) is 0. The lowest BCUT2D eigenvalue weighted by Crippen LogP contribution is -2.07. The first-order valence-electron chi connectivity index (χ1n) is 3.73. The number of carbonyl (C=O) groups is 1. The Labute approximate surface area is 88.4 Å². The molecule has 0 saturated carbocycles. The summed E-state index contributed by atoms with van der Waals surface area (Å²) >= 11 is 5.43. The fraction of sp³-hybridized carbons (Fsp3) is 0.250. The molecular weight excluding hydrogens is 232 g/mol. The van der Waals surface area contributed by atoms with Gasteiger partial charge in [-0.2, -0.15) is 0 Å². The molecule has 0 spiro atoms. The number of halogens is 3. The molecule has 1 aromatic rings. The highest BCUT2D eigenvalue weighted by atomic mass is 35.5. The molecule has 82 valence electrons. The van der Waals surface area contributed by atoms with Gasteiger partial charge in [-0.3, -0.25) is 0 Å². The normalized spacial score (nSPS) is 10.5. The number of ether oxygens (including phenoxy) is 1. The number of pyridine rings is 1. The van der Waals surface area contributed by atoms with Crippen LogP contribution in [0.4, 0.5) is 8.78 Å². The van der Waals surface area contributed by atoms with Crippen LogP contribution < -0.4 is 0 Å². The smallest absolute Gasteiger partial charge is 0.360 e. The first-order valence-corrected chi connectivity index (χ1v) is 4.11. The standard InChI is InChI=1S/C8H6ClF2NO3/c1-15-8(14)5-6(13)3(9)2-4(12-5)7(10)11/h2,7,13H,1H3. The number of esters is 1. The Morgan fingerprint density at radius 3 is 2.73 bits per heavy atom. The minimum Gasteiger partial charge on any atom is -0.504 e. The monoisotopic (exact) mass is 237 g/mol. The fourth-order valence-electron chi connectivity index (χ4n) is 0.876. The van der Waals surface area contributed by atoms with E-state index in [2.05, 4.69) is 9.72 Å². The average Bonchev–Trinajstić information content (AvgIpc) is 2.20. The van der Waals surface area contributed by atoms with E-state index in [4.69, 9.17) is 11.6 Å². The third kappa shape index (κ3) is 2.33. The summed E-state index contributed by atoms with van der Waals surface area (Å²) in [6.07, 6.45) is -2.88. The fourth-order valence-corrected chi connectivity index (χ4v) is 1.08. The molecule has 0 saturated heterocycles. The van der Waals surface area contributed by atoms with Crippen LogP contribution in [0.2, 0.25) is 5.02 Å². The Bertz CT molecular complexity index is 398. The molecule has 15 heavy (non-hydrogen) atoms. The number of alkyl halides is 2. The van der Waals surface area contributed by atoms with Crippen LogP contribution in [0.1, 0.15) is 22.6 Å². The Balaban J connectivity index is 3.31. The Kier molecular flexibility index (Phi) is 3.41. The quantitative estimate of drug-likeness (QED) is 0.801. The predicted octanol–water partition coefficient (Wildman–Crippen LogP) is 2.16. The van der Waals surface area contributed by atoms with E-state index in [0.717, 1.165) is 13.2 Å². The molecule has 0 aliphatic heterocycles. The van der Waals surface area contributed by atoms with Gasteiger partial charge in [0.05, 0.1) is 12.1 Å². The Morgan fingerprint density at radius 2 is 2.27 bits per heavy atom. The van der Waals surface area contributed by atoms with Crippen LogP contribution in [-0.4, -0.2) is 23.2 Å². The van der Waals surface area contributed by atoms with Crippen molar-refractivity contribution in [1.82, 2.24) is 4.98 Å². The van der Waals surface area contributed by atoms with Crippen LogP contribution in [0, 0.1) is 0 Å². The molecule has 1 N–H and O–H groups in total. The number of carbonyl (C=O) groups excluding carboxylic acids is 1. The van der Waals surface area contributed by atoms with Gasteiger partial charge < -0.3 is 9.84 Å². The second kappa shape index (κ2) is 4.39. The molecule has 1 heterocycles. The maximum atomic E-state index is 12.3. The van der Waals surface area contributed by atoms with Gasteiger partial charge >= 0.3 is 5.97 Å². The highest BCUT2D eigenvalue weighted by molar-refractivity contribution is 6.32. The predicted molar refractivity (Wildman–Crippen MR) is 47.2 cm³/mol. The minimum atomic E-state index is -2.88. The average molecular weight is 238 g/mol. The molecular formula is C8H6ClF2NO3. The molecule has 0 unspecified atom stereocenters. The SMILES string of the molecule is COC(=O)c1nc(C(F)F)cc(Cl)c1O. The van der Waals surface area contributed by atoms with E-state index in [9.17, 15) is 18.7 Å². The van der Waals surface area contributed by atoms with Crippen molar-refractivity contribution in [2.45, 2.75) is 6.43 Å². The topological polar surface area (TPSA) is 59.4 Å². The van der Waals surface area contributed by atoms with Gasteiger partial charge in [0.2, 0.25) is 0 Å². The molecule has 0 aliphatic rings. The van der Waals surface area contributed by atoms with Gasteiger partial charge in [-0.05, 0) is 6.07 Å². The molecule has 1 rings (SSSR count). The van der Waals surface area contributed by atoms with Crippen LogP contribution in [0.5, 0.6) is 5.75 Å². The molecule has 0 aliphatic carbocycles. The summed E-state index contributed by atoms with van der Waals surface area (Å²) in [5.74, 6) is -1.70. The van der Waals surface area contributed by atoms with E-state index in [1.54, 1.807) is 0 Å². The van der Waals surface area contributed by atoms with E-state index >= 15 is 0 Å². The van der Waals surface area contributed by atoms with Gasteiger partial charge in [-0.1, -0.05) is 11.6 Å². The van der Waals surface area contributed by atoms with Gasteiger partial charge in [0.1, 0.15) is 5.69 Å².